The second kappa shape index (κ2) is 6.97. The van der Waals surface area contributed by atoms with Crippen LogP contribution in [0.15, 0.2) is 42.3 Å². The molecule has 0 radical (unpaired) electrons. The molecule has 1 unspecified atom stereocenters. The Kier molecular flexibility index (Phi) is 5.02. The van der Waals surface area contributed by atoms with Gasteiger partial charge in [0.05, 0.1) is 12.7 Å². The van der Waals surface area contributed by atoms with E-state index in [9.17, 15) is 4.79 Å². The lowest BCUT2D eigenvalue weighted by Gasteiger charge is -2.17. The van der Waals surface area contributed by atoms with Gasteiger partial charge >= 0.3 is 5.97 Å². The van der Waals surface area contributed by atoms with E-state index >= 15 is 0 Å². The van der Waals surface area contributed by atoms with Gasteiger partial charge in [-0.05, 0) is 49.6 Å². The van der Waals surface area contributed by atoms with E-state index in [1.165, 1.54) is 7.11 Å². The Morgan fingerprint density at radius 2 is 2.13 bits per heavy atom. The smallest absolute Gasteiger partial charge is 0.332 e. The minimum Gasteiger partial charge on any atom is -0.467 e. The number of aryl methyl sites for hydroxylation is 1. The number of allylic oxidation sites excluding steroid dienone is 3. The van der Waals surface area contributed by atoms with Gasteiger partial charge < -0.3 is 10.1 Å². The van der Waals surface area contributed by atoms with Crippen LogP contribution in [0.3, 0.4) is 0 Å². The number of esters is 1. The predicted molar refractivity (Wildman–Crippen MR) is 91.3 cm³/mol. The highest BCUT2D eigenvalue weighted by Crippen LogP contribution is 2.18. The van der Waals surface area contributed by atoms with Crippen LogP contribution in [0.1, 0.15) is 30.7 Å². The van der Waals surface area contributed by atoms with Crippen molar-refractivity contribution in [3.05, 3.63) is 59.1 Å². The molecule has 4 heteroatoms. The van der Waals surface area contributed by atoms with E-state index in [-0.39, 0.29) is 5.97 Å². The number of dihydropyridines is 1. The van der Waals surface area contributed by atoms with Crippen molar-refractivity contribution in [1.29, 1.82) is 0 Å². The van der Waals surface area contributed by atoms with E-state index in [1.54, 1.807) is 12.4 Å². The molecule has 0 aliphatic carbocycles. The summed E-state index contributed by atoms with van der Waals surface area (Å²) in [5.74, 6) is 5.95. The van der Waals surface area contributed by atoms with Crippen LogP contribution < -0.4 is 5.32 Å². The third kappa shape index (κ3) is 3.89. The molecule has 2 heterocycles. The molecule has 1 aliphatic rings. The highest BCUT2D eigenvalue weighted by molar-refractivity contribution is 5.79. The van der Waals surface area contributed by atoms with Crippen LogP contribution in [0.2, 0.25) is 0 Å². The summed E-state index contributed by atoms with van der Waals surface area (Å²) < 4.78 is 4.73. The van der Waals surface area contributed by atoms with E-state index in [1.807, 2.05) is 32.9 Å². The molecular weight excluding hydrogens is 288 g/mol. The number of hydrogen-bond acceptors (Lipinski definition) is 4. The zero-order chi connectivity index (χ0) is 17.0. The molecule has 23 heavy (non-hydrogen) atoms. The Labute approximate surface area is 137 Å². The number of nitrogens with one attached hydrogen (secondary N) is 1. The van der Waals surface area contributed by atoms with Crippen molar-refractivity contribution in [3.63, 3.8) is 0 Å². The predicted octanol–water partition coefficient (Wildman–Crippen LogP) is 2.75. The van der Waals surface area contributed by atoms with Crippen LogP contribution in [0, 0.1) is 18.8 Å². The van der Waals surface area contributed by atoms with Crippen molar-refractivity contribution in [3.8, 4) is 11.8 Å². The molecule has 0 fully saturated rings. The molecule has 0 amide bonds. The number of pyridine rings is 1. The standard InChI is InChI=1S/C19H20N2O2/c1-12(2)17-9-14(4)20-11-16(17)7-6-15-10-21-18(8-13(15)3)19(22)23-5/h8-11,18,21H,1H2,2-5H3. The van der Waals surface area contributed by atoms with Crippen molar-refractivity contribution in [2.45, 2.75) is 26.8 Å². The zero-order valence-electron chi connectivity index (χ0n) is 13.9. The molecule has 1 N–H and O–H groups in total. The first-order chi connectivity index (χ1) is 10.9. The Morgan fingerprint density at radius 3 is 2.74 bits per heavy atom. The van der Waals surface area contributed by atoms with Crippen LogP contribution in [0.4, 0.5) is 0 Å². The molecule has 0 saturated carbocycles. The summed E-state index contributed by atoms with van der Waals surface area (Å²) in [4.78, 5) is 15.8. The van der Waals surface area contributed by atoms with Crippen molar-refractivity contribution in [2.75, 3.05) is 7.11 Å². The fraction of sp³-hybridized carbons (Fsp3) is 0.263. The first kappa shape index (κ1) is 16.6. The summed E-state index contributed by atoms with van der Waals surface area (Å²) in [6.07, 6.45) is 5.31. The number of nitrogens with zero attached hydrogens (tertiary/aromatic N) is 1. The Balaban J connectivity index is 2.27. The van der Waals surface area contributed by atoms with E-state index in [4.69, 9.17) is 4.74 Å². The number of ether oxygens (including phenoxy) is 1. The summed E-state index contributed by atoms with van der Waals surface area (Å²) in [5, 5.41) is 2.98. The van der Waals surface area contributed by atoms with Crippen LogP contribution >= 0.6 is 0 Å². The van der Waals surface area contributed by atoms with E-state index in [2.05, 4.69) is 28.7 Å². The molecule has 4 nitrogen and oxygen atoms in total. The maximum atomic E-state index is 11.5. The quantitative estimate of drug-likeness (QED) is 0.674. The Hall–Kier alpha value is -2.80. The van der Waals surface area contributed by atoms with Crippen LogP contribution in [-0.4, -0.2) is 24.1 Å². The van der Waals surface area contributed by atoms with Crippen molar-refractivity contribution in [2.24, 2.45) is 0 Å². The summed E-state index contributed by atoms with van der Waals surface area (Å²) in [6, 6.07) is 1.52. The third-order valence-electron chi connectivity index (χ3n) is 3.54. The van der Waals surface area contributed by atoms with E-state index < -0.39 is 6.04 Å². The van der Waals surface area contributed by atoms with Gasteiger partial charge in [0.25, 0.3) is 0 Å². The fourth-order valence-corrected chi connectivity index (χ4v) is 2.22. The van der Waals surface area contributed by atoms with Gasteiger partial charge in [0.15, 0.2) is 0 Å². The second-order valence-corrected chi connectivity index (χ2v) is 5.48. The molecule has 2 rings (SSSR count). The Bertz CT molecular complexity index is 776. The van der Waals surface area contributed by atoms with Gasteiger partial charge in [0, 0.05) is 23.7 Å². The van der Waals surface area contributed by atoms with Crippen LogP contribution in [-0.2, 0) is 9.53 Å². The molecule has 118 valence electrons. The second-order valence-electron chi connectivity index (χ2n) is 5.48. The lowest BCUT2D eigenvalue weighted by Crippen LogP contribution is -2.34. The average molecular weight is 308 g/mol. The molecular formula is C19H20N2O2. The molecule has 0 spiro atoms. The van der Waals surface area contributed by atoms with Gasteiger partial charge in [-0.25, -0.2) is 4.79 Å². The minimum atomic E-state index is -0.461. The van der Waals surface area contributed by atoms with Gasteiger partial charge in [-0.3, -0.25) is 4.98 Å². The largest absolute Gasteiger partial charge is 0.467 e. The van der Waals surface area contributed by atoms with E-state index in [0.717, 1.165) is 33.5 Å². The van der Waals surface area contributed by atoms with Gasteiger partial charge in [-0.1, -0.05) is 18.4 Å². The number of carbonyl (C=O) groups excluding carboxylic acids is 1. The molecule has 1 atom stereocenters. The summed E-state index contributed by atoms with van der Waals surface area (Å²) in [6.45, 7) is 9.80. The highest BCUT2D eigenvalue weighted by atomic mass is 16.5. The van der Waals surface area contributed by atoms with Gasteiger partial charge in [-0.2, -0.15) is 0 Å². The number of aromatic nitrogens is 1. The number of methoxy groups -OCH3 is 1. The van der Waals surface area contributed by atoms with Crippen molar-refractivity contribution < 1.29 is 9.53 Å². The fourth-order valence-electron chi connectivity index (χ4n) is 2.22. The number of rotatable bonds is 2. The average Bonchev–Trinajstić information content (AvgIpc) is 2.53. The SMILES string of the molecule is C=C(C)c1cc(C)ncc1C#CC1=CNC(C(=O)OC)C=C1C. The number of hydrogen-bond donors (Lipinski definition) is 1. The molecule has 0 bridgehead atoms. The molecule has 0 aromatic carbocycles. The monoisotopic (exact) mass is 308 g/mol. The van der Waals surface area contributed by atoms with Gasteiger partial charge in [-0.15, -0.1) is 0 Å². The molecule has 1 aliphatic heterocycles. The maximum Gasteiger partial charge on any atom is 0.332 e. The van der Waals surface area contributed by atoms with Crippen LogP contribution in [0.5, 0.6) is 0 Å². The van der Waals surface area contributed by atoms with Gasteiger partial charge in [0.2, 0.25) is 0 Å². The lowest BCUT2D eigenvalue weighted by atomic mass is 10.0. The Morgan fingerprint density at radius 1 is 1.39 bits per heavy atom. The maximum absolute atomic E-state index is 11.5. The first-order valence-corrected chi connectivity index (χ1v) is 7.29. The zero-order valence-corrected chi connectivity index (χ0v) is 13.9. The van der Waals surface area contributed by atoms with Gasteiger partial charge in [0.1, 0.15) is 6.04 Å². The molecule has 1 aromatic heterocycles. The topological polar surface area (TPSA) is 51.2 Å². The summed E-state index contributed by atoms with van der Waals surface area (Å²) in [5.41, 5.74) is 5.50. The molecule has 0 saturated heterocycles. The highest BCUT2D eigenvalue weighted by Gasteiger charge is 2.19. The van der Waals surface area contributed by atoms with Crippen molar-refractivity contribution >= 4 is 11.5 Å². The van der Waals surface area contributed by atoms with E-state index in [0.29, 0.717) is 0 Å². The summed E-state index contributed by atoms with van der Waals surface area (Å²) in [7, 11) is 1.37. The first-order valence-electron chi connectivity index (χ1n) is 7.29. The molecule has 1 aromatic rings. The lowest BCUT2D eigenvalue weighted by molar-refractivity contribution is -0.141. The summed E-state index contributed by atoms with van der Waals surface area (Å²) >= 11 is 0. The van der Waals surface area contributed by atoms with Crippen LogP contribution in [0.25, 0.3) is 5.57 Å². The normalized spacial score (nSPS) is 16.3. The number of carbonyl (C=O) groups is 1. The third-order valence-corrected chi connectivity index (χ3v) is 3.54. The minimum absolute atomic E-state index is 0.320. The van der Waals surface area contributed by atoms with Crippen molar-refractivity contribution in [1.82, 2.24) is 10.3 Å².